The number of nitrogens with zero attached hydrogens (tertiary/aromatic N) is 1. The highest BCUT2D eigenvalue weighted by molar-refractivity contribution is 7.92. The number of carbonyl (C=O) groups is 1. The maximum absolute atomic E-state index is 13.4. The van der Waals surface area contributed by atoms with E-state index < -0.39 is 39.2 Å². The Labute approximate surface area is 205 Å². The molecule has 0 saturated heterocycles. The lowest BCUT2D eigenvalue weighted by Gasteiger charge is -2.25. The van der Waals surface area contributed by atoms with Gasteiger partial charge in [-0.1, -0.05) is 29.8 Å². The Kier molecular flexibility index (Phi) is 7.81. The lowest BCUT2D eigenvalue weighted by Crippen LogP contribution is -2.38. The molecule has 0 atom stereocenters. The van der Waals surface area contributed by atoms with Gasteiger partial charge in [0.1, 0.15) is 6.54 Å². The van der Waals surface area contributed by atoms with E-state index in [-0.39, 0.29) is 22.0 Å². The van der Waals surface area contributed by atoms with Crippen molar-refractivity contribution >= 4 is 38.9 Å². The second kappa shape index (κ2) is 10.4. The molecule has 7 nitrogen and oxygen atoms in total. The van der Waals surface area contributed by atoms with Crippen LogP contribution in [0.25, 0.3) is 0 Å². The zero-order chi connectivity index (χ0) is 25.8. The molecule has 3 aromatic carbocycles. The molecule has 1 N–H and O–H groups in total. The fraction of sp³-hybridized carbons (Fsp3) is 0.174. The van der Waals surface area contributed by atoms with E-state index in [2.05, 4.69) is 5.32 Å². The molecule has 0 aliphatic rings. The van der Waals surface area contributed by atoms with Gasteiger partial charge in [0, 0.05) is 11.8 Å². The molecule has 0 fully saturated rings. The number of anilines is 2. The third-order valence-corrected chi connectivity index (χ3v) is 6.95. The Morgan fingerprint density at radius 1 is 0.971 bits per heavy atom. The van der Waals surface area contributed by atoms with Crippen LogP contribution < -0.4 is 19.1 Å². The van der Waals surface area contributed by atoms with Crippen LogP contribution >= 0.6 is 11.6 Å². The zero-order valence-corrected chi connectivity index (χ0v) is 20.0. The smallest absolute Gasteiger partial charge is 0.417 e. The third kappa shape index (κ3) is 5.98. The van der Waals surface area contributed by atoms with Gasteiger partial charge in [0.25, 0.3) is 10.0 Å². The molecule has 3 aromatic rings. The number of nitrogens with one attached hydrogen (secondary N) is 1. The highest BCUT2D eigenvalue weighted by Crippen LogP contribution is 2.37. The topological polar surface area (TPSA) is 84.9 Å². The molecule has 0 aromatic heterocycles. The lowest BCUT2D eigenvalue weighted by atomic mass is 10.2. The Morgan fingerprint density at radius 3 is 2.23 bits per heavy atom. The van der Waals surface area contributed by atoms with Crippen LogP contribution in [0.15, 0.2) is 71.6 Å². The Hall–Kier alpha value is -3.44. The van der Waals surface area contributed by atoms with Gasteiger partial charge in [-0.3, -0.25) is 9.10 Å². The van der Waals surface area contributed by atoms with Crippen molar-refractivity contribution in [3.8, 4) is 11.5 Å². The third-order valence-electron chi connectivity index (χ3n) is 4.83. The Bertz CT molecular complexity index is 1320. The molecule has 0 radical (unpaired) electrons. The molecule has 186 valence electrons. The van der Waals surface area contributed by atoms with Gasteiger partial charge in [0.05, 0.1) is 35.4 Å². The van der Waals surface area contributed by atoms with Gasteiger partial charge in [-0.25, -0.2) is 8.42 Å². The maximum Gasteiger partial charge on any atom is 0.417 e. The minimum absolute atomic E-state index is 0.0775. The van der Waals surface area contributed by atoms with Crippen LogP contribution in [-0.2, 0) is 21.0 Å². The molecule has 12 heteroatoms. The summed E-state index contributed by atoms with van der Waals surface area (Å²) in [7, 11) is -1.48. The minimum atomic E-state index is -4.74. The van der Waals surface area contributed by atoms with Crippen molar-refractivity contribution in [1.82, 2.24) is 0 Å². The van der Waals surface area contributed by atoms with Crippen molar-refractivity contribution < 1.29 is 35.9 Å². The van der Waals surface area contributed by atoms with Crippen LogP contribution in [0, 0.1) is 0 Å². The van der Waals surface area contributed by atoms with E-state index in [0.717, 1.165) is 10.4 Å². The Morgan fingerprint density at radius 2 is 1.63 bits per heavy atom. The van der Waals surface area contributed by atoms with Gasteiger partial charge < -0.3 is 14.8 Å². The number of alkyl halides is 3. The zero-order valence-electron chi connectivity index (χ0n) is 18.5. The summed E-state index contributed by atoms with van der Waals surface area (Å²) in [5, 5.41) is 1.76. The highest BCUT2D eigenvalue weighted by atomic mass is 35.5. The molecule has 0 bridgehead atoms. The number of halogens is 4. The van der Waals surface area contributed by atoms with Crippen LogP contribution in [0.4, 0.5) is 24.5 Å². The van der Waals surface area contributed by atoms with E-state index in [1.54, 1.807) is 6.07 Å². The van der Waals surface area contributed by atoms with Crippen molar-refractivity contribution in [3.05, 3.63) is 77.3 Å². The van der Waals surface area contributed by atoms with E-state index in [4.69, 9.17) is 21.1 Å². The van der Waals surface area contributed by atoms with Crippen molar-refractivity contribution in [2.45, 2.75) is 11.1 Å². The van der Waals surface area contributed by atoms with Crippen LogP contribution in [0.2, 0.25) is 5.02 Å². The van der Waals surface area contributed by atoms with Crippen molar-refractivity contribution in [3.63, 3.8) is 0 Å². The number of amides is 1. The summed E-state index contributed by atoms with van der Waals surface area (Å²) in [5.41, 5.74) is -1.25. The fourth-order valence-electron chi connectivity index (χ4n) is 3.17. The standard InChI is InChI=1S/C23H20ClF3N2O5S/c1-33-20-11-9-16(13-21(20)34-2)29(35(31,32)17-6-4-3-5-7-17)14-22(30)28-15-8-10-19(24)18(12-15)23(25,26)27/h3-13H,14H2,1-2H3,(H,28,30). The summed E-state index contributed by atoms with van der Waals surface area (Å²) in [4.78, 5) is 12.7. The number of benzene rings is 3. The largest absolute Gasteiger partial charge is 0.493 e. The molecule has 0 unspecified atom stereocenters. The number of methoxy groups -OCH3 is 2. The van der Waals surface area contributed by atoms with Crippen LogP contribution in [0.3, 0.4) is 0 Å². The van der Waals surface area contributed by atoms with Gasteiger partial charge in [0.15, 0.2) is 11.5 Å². The summed E-state index contributed by atoms with van der Waals surface area (Å²) in [5.74, 6) is -0.334. The van der Waals surface area contributed by atoms with Crippen LogP contribution in [0.5, 0.6) is 11.5 Å². The van der Waals surface area contributed by atoms with E-state index in [1.807, 2.05) is 0 Å². The molecule has 0 aliphatic heterocycles. The number of ether oxygens (including phenoxy) is 2. The Balaban J connectivity index is 1.99. The molecule has 0 saturated carbocycles. The molecular weight excluding hydrogens is 509 g/mol. The van der Waals surface area contributed by atoms with E-state index >= 15 is 0 Å². The summed E-state index contributed by atoms with van der Waals surface area (Å²) < 4.78 is 77.6. The van der Waals surface area contributed by atoms with Gasteiger partial charge >= 0.3 is 6.18 Å². The van der Waals surface area contributed by atoms with Gasteiger partial charge in [-0.2, -0.15) is 13.2 Å². The van der Waals surface area contributed by atoms with Crippen molar-refractivity contribution in [2.24, 2.45) is 0 Å². The van der Waals surface area contributed by atoms with Crippen LogP contribution in [-0.4, -0.2) is 35.1 Å². The lowest BCUT2D eigenvalue weighted by molar-refractivity contribution is -0.137. The van der Waals surface area contributed by atoms with Gasteiger partial charge in [0.2, 0.25) is 5.91 Å². The van der Waals surface area contributed by atoms with Gasteiger partial charge in [-0.15, -0.1) is 0 Å². The van der Waals surface area contributed by atoms with E-state index in [9.17, 15) is 26.4 Å². The molecule has 0 aliphatic carbocycles. The summed E-state index contributed by atoms with van der Waals surface area (Å²) in [6, 6.07) is 14.5. The average molecular weight is 529 g/mol. The predicted octanol–water partition coefficient (Wildman–Crippen LogP) is 5.21. The monoisotopic (exact) mass is 528 g/mol. The summed E-state index contributed by atoms with van der Waals surface area (Å²) in [6.45, 7) is -0.739. The van der Waals surface area contributed by atoms with Gasteiger partial charge in [-0.05, 0) is 42.5 Å². The number of hydrogen-bond donors (Lipinski definition) is 1. The maximum atomic E-state index is 13.4. The molecular formula is C23H20ClF3N2O5S. The number of carbonyl (C=O) groups excluding carboxylic acids is 1. The number of sulfonamides is 1. The highest BCUT2D eigenvalue weighted by Gasteiger charge is 2.34. The quantitative estimate of drug-likeness (QED) is 0.434. The van der Waals surface area contributed by atoms with Crippen molar-refractivity contribution in [2.75, 3.05) is 30.4 Å². The number of rotatable bonds is 8. The molecule has 0 heterocycles. The van der Waals surface area contributed by atoms with Crippen molar-refractivity contribution in [1.29, 1.82) is 0 Å². The molecule has 0 spiro atoms. The van der Waals surface area contributed by atoms with E-state index in [0.29, 0.717) is 11.8 Å². The first kappa shape index (κ1) is 26.2. The fourth-order valence-corrected chi connectivity index (χ4v) is 4.82. The minimum Gasteiger partial charge on any atom is -0.493 e. The first-order chi connectivity index (χ1) is 16.5. The molecule has 35 heavy (non-hydrogen) atoms. The normalized spacial score (nSPS) is 11.6. The first-order valence-corrected chi connectivity index (χ1v) is 11.8. The summed E-state index contributed by atoms with van der Waals surface area (Å²) in [6.07, 6.45) is -4.74. The van der Waals surface area contributed by atoms with Crippen LogP contribution in [0.1, 0.15) is 5.56 Å². The predicted molar refractivity (Wildman–Crippen MR) is 126 cm³/mol. The summed E-state index contributed by atoms with van der Waals surface area (Å²) >= 11 is 5.62. The second-order valence-corrected chi connectivity index (χ2v) is 9.37. The number of hydrogen-bond acceptors (Lipinski definition) is 5. The average Bonchev–Trinajstić information content (AvgIpc) is 2.83. The second-order valence-electron chi connectivity index (χ2n) is 7.10. The SMILES string of the molecule is COc1ccc(N(CC(=O)Nc2ccc(Cl)c(C(F)(F)F)c2)S(=O)(=O)c2ccccc2)cc1OC. The molecule has 3 rings (SSSR count). The van der Waals surface area contributed by atoms with E-state index in [1.165, 1.54) is 62.8 Å². The first-order valence-electron chi connectivity index (χ1n) is 9.93. The molecule has 1 amide bonds.